The van der Waals surface area contributed by atoms with Gasteiger partial charge in [0.15, 0.2) is 17.1 Å². The lowest BCUT2D eigenvalue weighted by molar-refractivity contribution is 0.100. The van der Waals surface area contributed by atoms with Crippen LogP contribution in [-0.2, 0) is 6.54 Å². The number of anilines is 1. The van der Waals surface area contributed by atoms with Crippen molar-refractivity contribution in [2.24, 2.45) is 5.73 Å². The second kappa shape index (κ2) is 10.1. The molecule has 0 spiro atoms. The number of nitrogens with one attached hydrogen (secondary N) is 1. The van der Waals surface area contributed by atoms with Crippen LogP contribution in [0.4, 0.5) is 10.4 Å². The monoisotopic (exact) mass is 456 g/mol. The van der Waals surface area contributed by atoms with Gasteiger partial charge in [-0.15, -0.1) is 0 Å². The number of halogens is 1. The van der Waals surface area contributed by atoms with Gasteiger partial charge in [-0.05, 0) is 69.6 Å². The first kappa shape index (κ1) is 22.8. The quantitative estimate of drug-likeness (QED) is 0.507. The number of piperidine rings is 1. The Morgan fingerprint density at radius 2 is 1.88 bits per heavy atom. The van der Waals surface area contributed by atoms with Gasteiger partial charge in [-0.25, -0.2) is 0 Å². The molecule has 0 radical (unpaired) electrons. The van der Waals surface area contributed by atoms with E-state index in [-0.39, 0.29) is 17.5 Å². The Labute approximate surface area is 191 Å². The highest BCUT2D eigenvalue weighted by atomic mass is 19.1. The number of hydrogen-bond acceptors (Lipinski definition) is 7. The zero-order chi connectivity index (χ0) is 23.4. The second-order valence-electron chi connectivity index (χ2n) is 7.89. The number of para-hydroxylation sites is 1. The molecule has 1 amide bonds. The molecule has 0 saturated carbocycles. The molecule has 4 rings (SSSR count). The molecule has 3 N–H and O–H groups in total. The predicted octanol–water partition coefficient (Wildman–Crippen LogP) is 3.62. The Bertz CT molecular complexity index is 1100. The molecule has 1 aliphatic rings. The molecule has 1 aromatic heterocycles. The van der Waals surface area contributed by atoms with E-state index >= 15 is 0 Å². The first-order valence-corrected chi connectivity index (χ1v) is 11.3. The number of hydrogen-bond donors (Lipinski definition) is 2. The van der Waals surface area contributed by atoms with Gasteiger partial charge < -0.3 is 29.8 Å². The maximum Gasteiger partial charge on any atom is 0.298 e. The lowest BCUT2D eigenvalue weighted by Crippen LogP contribution is -2.43. The van der Waals surface area contributed by atoms with E-state index in [1.54, 1.807) is 30.3 Å². The zero-order valence-corrected chi connectivity index (χ0v) is 18.9. The number of aromatic nitrogens is 1. The predicted molar refractivity (Wildman–Crippen MR) is 123 cm³/mol. The molecular formula is C24H29FN4O4. The average Bonchev–Trinajstić information content (AvgIpc) is 3.25. The van der Waals surface area contributed by atoms with Crippen LogP contribution in [0.1, 0.15) is 42.6 Å². The summed E-state index contributed by atoms with van der Waals surface area (Å²) in [7, 11) is 0. The molecule has 0 unspecified atom stereocenters. The average molecular weight is 457 g/mol. The third-order valence-electron chi connectivity index (χ3n) is 5.69. The minimum absolute atomic E-state index is 0.146. The fourth-order valence-corrected chi connectivity index (χ4v) is 4.17. The zero-order valence-electron chi connectivity index (χ0n) is 18.9. The molecule has 1 saturated heterocycles. The molecule has 8 nitrogen and oxygen atoms in total. The van der Waals surface area contributed by atoms with E-state index in [1.165, 1.54) is 0 Å². The number of oxazole rings is 1. The summed E-state index contributed by atoms with van der Waals surface area (Å²) in [6.45, 7) is 6.43. The smallest absolute Gasteiger partial charge is 0.298 e. The van der Waals surface area contributed by atoms with Gasteiger partial charge in [0, 0.05) is 12.6 Å². The van der Waals surface area contributed by atoms with Gasteiger partial charge in [0.25, 0.3) is 11.9 Å². The second-order valence-corrected chi connectivity index (χ2v) is 7.89. The summed E-state index contributed by atoms with van der Waals surface area (Å²) < 4.78 is 31.9. The highest BCUT2D eigenvalue weighted by molar-refractivity contribution is 6.03. The summed E-state index contributed by atoms with van der Waals surface area (Å²) in [6, 6.07) is 9.03. The fraction of sp³-hybridized carbons (Fsp3) is 0.417. The van der Waals surface area contributed by atoms with Crippen LogP contribution in [0.3, 0.4) is 0 Å². The SMILES string of the molecule is CCOc1cc(CN(c2nc3c(C(N)=O)cccc3o2)C2CCNCC2)cc(OCC)c1F. The van der Waals surface area contributed by atoms with Gasteiger partial charge >= 0.3 is 0 Å². The maximum absolute atomic E-state index is 14.8. The number of rotatable bonds is 9. The standard InChI is InChI=1S/C24H29FN4O4/c1-3-31-19-12-15(13-20(21(19)25)32-4-2)14-29(16-8-10-27-11-9-16)24-28-22-17(23(26)30)6-5-7-18(22)33-24/h5-7,12-13,16,27H,3-4,8-11,14H2,1-2H3,(H2,26,30). The number of carbonyl (C=O) groups is 1. The van der Waals surface area contributed by atoms with Gasteiger partial charge in [-0.1, -0.05) is 6.07 Å². The summed E-state index contributed by atoms with van der Waals surface area (Å²) in [5, 5.41) is 3.37. The van der Waals surface area contributed by atoms with Crippen molar-refractivity contribution in [2.75, 3.05) is 31.2 Å². The summed E-state index contributed by atoms with van der Waals surface area (Å²) in [5.74, 6) is -0.770. The Balaban J connectivity index is 1.75. The summed E-state index contributed by atoms with van der Waals surface area (Å²) in [6.07, 6.45) is 1.78. The number of ether oxygens (including phenoxy) is 2. The van der Waals surface area contributed by atoms with Crippen LogP contribution in [-0.4, -0.2) is 43.2 Å². The Kier molecular flexibility index (Phi) is 6.98. The molecule has 1 aliphatic heterocycles. The van der Waals surface area contributed by atoms with E-state index in [4.69, 9.17) is 19.6 Å². The first-order valence-electron chi connectivity index (χ1n) is 11.3. The van der Waals surface area contributed by atoms with Crippen LogP contribution >= 0.6 is 0 Å². The highest BCUT2D eigenvalue weighted by Gasteiger charge is 2.27. The minimum atomic E-state index is -0.560. The van der Waals surface area contributed by atoms with Gasteiger partial charge in [-0.2, -0.15) is 9.37 Å². The largest absolute Gasteiger partial charge is 0.491 e. The lowest BCUT2D eigenvalue weighted by atomic mass is 10.0. The van der Waals surface area contributed by atoms with Crippen molar-refractivity contribution in [3.63, 3.8) is 0 Å². The lowest BCUT2D eigenvalue weighted by Gasteiger charge is -2.33. The highest BCUT2D eigenvalue weighted by Crippen LogP contribution is 2.33. The third kappa shape index (κ3) is 4.88. The number of benzene rings is 2. The van der Waals surface area contributed by atoms with Crippen LogP contribution in [0.15, 0.2) is 34.7 Å². The molecule has 176 valence electrons. The van der Waals surface area contributed by atoms with Crippen molar-refractivity contribution in [2.45, 2.75) is 39.3 Å². The van der Waals surface area contributed by atoms with E-state index in [1.807, 2.05) is 13.8 Å². The first-order chi connectivity index (χ1) is 16.0. The summed E-state index contributed by atoms with van der Waals surface area (Å²) >= 11 is 0. The fourth-order valence-electron chi connectivity index (χ4n) is 4.17. The maximum atomic E-state index is 14.8. The molecule has 2 aromatic carbocycles. The number of carbonyl (C=O) groups excluding carboxylic acids is 1. The van der Waals surface area contributed by atoms with Crippen molar-refractivity contribution < 1.29 is 23.1 Å². The normalized spacial score (nSPS) is 14.4. The Morgan fingerprint density at radius 1 is 1.21 bits per heavy atom. The van der Waals surface area contributed by atoms with Gasteiger partial charge in [0.05, 0.1) is 18.8 Å². The molecule has 2 heterocycles. The van der Waals surface area contributed by atoms with E-state index in [2.05, 4.69) is 15.2 Å². The number of nitrogens with two attached hydrogens (primary N) is 1. The topological polar surface area (TPSA) is 103 Å². The Hall–Kier alpha value is -3.33. The van der Waals surface area contributed by atoms with E-state index < -0.39 is 11.7 Å². The Morgan fingerprint density at radius 3 is 2.48 bits per heavy atom. The van der Waals surface area contributed by atoms with Gasteiger partial charge in [-0.3, -0.25) is 4.79 Å². The number of primary amides is 1. The number of nitrogens with zero attached hydrogens (tertiary/aromatic N) is 2. The van der Waals surface area contributed by atoms with E-state index in [0.717, 1.165) is 31.5 Å². The molecule has 33 heavy (non-hydrogen) atoms. The molecule has 0 atom stereocenters. The van der Waals surface area contributed by atoms with Crippen molar-refractivity contribution in [1.29, 1.82) is 0 Å². The van der Waals surface area contributed by atoms with Gasteiger partial charge in [0.2, 0.25) is 5.82 Å². The van der Waals surface area contributed by atoms with Crippen molar-refractivity contribution in [3.05, 3.63) is 47.3 Å². The molecule has 3 aromatic rings. The van der Waals surface area contributed by atoms with E-state index in [0.29, 0.717) is 42.4 Å². The van der Waals surface area contributed by atoms with Crippen LogP contribution in [0.25, 0.3) is 11.1 Å². The third-order valence-corrected chi connectivity index (χ3v) is 5.69. The summed E-state index contributed by atoms with van der Waals surface area (Å²) in [5.41, 5.74) is 7.57. The summed E-state index contributed by atoms with van der Waals surface area (Å²) in [4.78, 5) is 18.6. The minimum Gasteiger partial charge on any atom is -0.491 e. The number of fused-ring (bicyclic) bond motifs is 1. The molecule has 9 heteroatoms. The van der Waals surface area contributed by atoms with Gasteiger partial charge in [0.1, 0.15) is 5.52 Å². The number of amides is 1. The van der Waals surface area contributed by atoms with E-state index in [9.17, 15) is 9.18 Å². The van der Waals surface area contributed by atoms with Crippen LogP contribution in [0, 0.1) is 5.82 Å². The van der Waals surface area contributed by atoms with Crippen LogP contribution in [0.5, 0.6) is 11.5 Å². The molecular weight excluding hydrogens is 427 g/mol. The van der Waals surface area contributed by atoms with Crippen molar-refractivity contribution >= 4 is 23.0 Å². The molecule has 0 bridgehead atoms. The van der Waals surface area contributed by atoms with Crippen molar-refractivity contribution in [3.8, 4) is 11.5 Å². The van der Waals surface area contributed by atoms with Crippen molar-refractivity contribution in [1.82, 2.24) is 10.3 Å². The van der Waals surface area contributed by atoms with Crippen LogP contribution < -0.4 is 25.4 Å². The molecule has 0 aliphatic carbocycles. The molecule has 1 fully saturated rings. The van der Waals surface area contributed by atoms with Crippen LogP contribution in [0.2, 0.25) is 0 Å².